The summed E-state index contributed by atoms with van der Waals surface area (Å²) >= 11 is 0. The second-order valence-electron chi connectivity index (χ2n) is 5.01. The second kappa shape index (κ2) is 5.36. The minimum Gasteiger partial charge on any atom is -0.382 e. The van der Waals surface area contributed by atoms with Crippen molar-refractivity contribution in [2.45, 2.75) is 44.7 Å². The number of anilines is 1. The predicted molar refractivity (Wildman–Crippen MR) is 69.7 cm³/mol. The lowest BCUT2D eigenvalue weighted by molar-refractivity contribution is 0.409. The summed E-state index contributed by atoms with van der Waals surface area (Å²) in [5, 5.41) is 12.2. The Hall–Kier alpha value is -1.60. The number of nitrogens with two attached hydrogens (primary N) is 1. The Morgan fingerprint density at radius 2 is 2.22 bits per heavy atom. The maximum absolute atomic E-state index is 13.6. The number of halogens is 1. The Morgan fingerprint density at radius 3 is 2.89 bits per heavy atom. The van der Waals surface area contributed by atoms with Crippen molar-refractivity contribution in [1.29, 1.82) is 5.26 Å². The summed E-state index contributed by atoms with van der Waals surface area (Å²) in [5.74, 6) is -0.336. The Kier molecular flexibility index (Phi) is 3.83. The molecule has 1 aromatic rings. The number of nitriles is 1. The molecule has 1 aromatic carbocycles. The highest BCUT2D eigenvalue weighted by Gasteiger charge is 2.20. The first-order valence-corrected chi connectivity index (χ1v) is 6.32. The van der Waals surface area contributed by atoms with Crippen molar-refractivity contribution < 1.29 is 4.39 Å². The van der Waals surface area contributed by atoms with Gasteiger partial charge in [0.1, 0.15) is 5.82 Å². The maximum Gasteiger partial charge on any atom is 0.129 e. The molecule has 1 saturated carbocycles. The number of hydrogen-bond donors (Lipinski definition) is 2. The number of benzene rings is 1. The van der Waals surface area contributed by atoms with Crippen molar-refractivity contribution in [3.8, 4) is 6.07 Å². The van der Waals surface area contributed by atoms with E-state index < -0.39 is 0 Å². The maximum atomic E-state index is 13.6. The molecule has 3 N–H and O–H groups in total. The zero-order valence-corrected chi connectivity index (χ0v) is 10.5. The minimum absolute atomic E-state index is 0.223. The summed E-state index contributed by atoms with van der Waals surface area (Å²) in [7, 11) is 0. The monoisotopic (exact) mass is 247 g/mol. The third-order valence-corrected chi connectivity index (χ3v) is 3.55. The Bertz CT molecular complexity index is 479. The molecular weight excluding hydrogens is 229 g/mol. The van der Waals surface area contributed by atoms with Gasteiger partial charge in [-0.15, -0.1) is 0 Å². The van der Waals surface area contributed by atoms with Crippen LogP contribution in [0, 0.1) is 24.1 Å². The summed E-state index contributed by atoms with van der Waals surface area (Å²) in [6.45, 7) is 1.72. The van der Waals surface area contributed by atoms with Crippen molar-refractivity contribution in [2.24, 2.45) is 5.73 Å². The number of nitrogens with one attached hydrogen (secondary N) is 1. The van der Waals surface area contributed by atoms with E-state index in [4.69, 9.17) is 11.0 Å². The first-order valence-electron chi connectivity index (χ1n) is 6.32. The van der Waals surface area contributed by atoms with E-state index in [9.17, 15) is 4.39 Å². The molecule has 3 nitrogen and oxygen atoms in total. The lowest BCUT2D eigenvalue weighted by Gasteiger charge is -2.28. The Balaban J connectivity index is 2.18. The van der Waals surface area contributed by atoms with E-state index in [1.54, 1.807) is 13.0 Å². The molecule has 0 saturated heterocycles. The smallest absolute Gasteiger partial charge is 0.129 e. The Morgan fingerprint density at radius 1 is 1.44 bits per heavy atom. The fourth-order valence-electron chi connectivity index (χ4n) is 2.47. The normalized spacial score (nSPS) is 23.4. The van der Waals surface area contributed by atoms with Gasteiger partial charge in [0.25, 0.3) is 0 Å². The number of hydrogen-bond acceptors (Lipinski definition) is 3. The van der Waals surface area contributed by atoms with Crippen LogP contribution in [0.2, 0.25) is 0 Å². The van der Waals surface area contributed by atoms with Gasteiger partial charge in [-0.1, -0.05) is 0 Å². The van der Waals surface area contributed by atoms with Gasteiger partial charge in [-0.05, 0) is 44.7 Å². The van der Waals surface area contributed by atoms with E-state index in [1.807, 2.05) is 6.07 Å². The van der Waals surface area contributed by atoms with Gasteiger partial charge in [0.2, 0.25) is 0 Å². The number of nitrogens with zero attached hydrogens (tertiary/aromatic N) is 1. The largest absolute Gasteiger partial charge is 0.382 e. The second-order valence-corrected chi connectivity index (χ2v) is 5.01. The summed E-state index contributed by atoms with van der Waals surface area (Å²) in [5.41, 5.74) is 7.56. The van der Waals surface area contributed by atoms with Crippen LogP contribution in [0.5, 0.6) is 0 Å². The average Bonchev–Trinajstić information content (AvgIpc) is 2.34. The molecule has 0 amide bonds. The zero-order valence-electron chi connectivity index (χ0n) is 10.5. The van der Waals surface area contributed by atoms with Crippen molar-refractivity contribution in [2.75, 3.05) is 5.32 Å². The molecule has 0 radical (unpaired) electrons. The van der Waals surface area contributed by atoms with Gasteiger partial charge < -0.3 is 11.1 Å². The van der Waals surface area contributed by atoms with Crippen molar-refractivity contribution in [1.82, 2.24) is 0 Å². The van der Waals surface area contributed by atoms with Crippen molar-refractivity contribution >= 4 is 5.69 Å². The minimum atomic E-state index is -0.336. The molecule has 2 atom stereocenters. The fraction of sp³-hybridized carbons (Fsp3) is 0.500. The highest BCUT2D eigenvalue weighted by Crippen LogP contribution is 2.25. The van der Waals surface area contributed by atoms with Crippen LogP contribution in [0.25, 0.3) is 0 Å². The van der Waals surface area contributed by atoms with E-state index in [0.717, 1.165) is 25.7 Å². The standard InChI is InChI=1S/C14H18FN3/c1-9-13(15)5-10(8-16)6-14(9)18-12-4-2-3-11(17)7-12/h5-6,11-12,18H,2-4,7,17H2,1H3. The summed E-state index contributed by atoms with van der Waals surface area (Å²) in [6.07, 6.45) is 4.10. The lowest BCUT2D eigenvalue weighted by atomic mass is 9.91. The predicted octanol–water partition coefficient (Wildman–Crippen LogP) is 2.69. The first kappa shape index (κ1) is 12.8. The van der Waals surface area contributed by atoms with Crippen LogP contribution in [0.3, 0.4) is 0 Å². The van der Waals surface area contributed by atoms with Crippen molar-refractivity contribution in [3.05, 3.63) is 29.1 Å². The molecule has 2 unspecified atom stereocenters. The van der Waals surface area contributed by atoms with Crippen LogP contribution >= 0.6 is 0 Å². The van der Waals surface area contributed by atoms with E-state index in [2.05, 4.69) is 5.32 Å². The molecule has 0 aliphatic heterocycles. The molecule has 18 heavy (non-hydrogen) atoms. The van der Waals surface area contributed by atoms with Gasteiger partial charge in [-0.25, -0.2) is 4.39 Å². The van der Waals surface area contributed by atoms with Crippen LogP contribution in [0.15, 0.2) is 12.1 Å². The highest BCUT2D eigenvalue weighted by atomic mass is 19.1. The summed E-state index contributed by atoms with van der Waals surface area (Å²) in [4.78, 5) is 0. The SMILES string of the molecule is Cc1c(F)cc(C#N)cc1NC1CCCC(N)C1. The number of rotatable bonds is 2. The third-order valence-electron chi connectivity index (χ3n) is 3.55. The molecular formula is C14H18FN3. The average molecular weight is 247 g/mol. The Labute approximate surface area is 107 Å². The molecule has 1 fully saturated rings. The van der Waals surface area contributed by atoms with E-state index in [-0.39, 0.29) is 17.9 Å². The fourth-order valence-corrected chi connectivity index (χ4v) is 2.47. The van der Waals surface area contributed by atoms with Gasteiger partial charge >= 0.3 is 0 Å². The third kappa shape index (κ3) is 2.80. The van der Waals surface area contributed by atoms with Crippen molar-refractivity contribution in [3.63, 3.8) is 0 Å². The molecule has 0 heterocycles. The zero-order chi connectivity index (χ0) is 13.1. The molecule has 2 rings (SSSR count). The molecule has 96 valence electrons. The van der Waals surface area contributed by atoms with Gasteiger partial charge in [0.15, 0.2) is 0 Å². The van der Waals surface area contributed by atoms with Gasteiger partial charge in [-0.3, -0.25) is 0 Å². The van der Waals surface area contributed by atoms with Crippen LogP contribution in [0.1, 0.15) is 36.8 Å². The topological polar surface area (TPSA) is 61.8 Å². The van der Waals surface area contributed by atoms with Crippen LogP contribution in [-0.4, -0.2) is 12.1 Å². The molecule has 1 aliphatic rings. The summed E-state index contributed by atoms with van der Waals surface area (Å²) < 4.78 is 13.6. The quantitative estimate of drug-likeness (QED) is 0.844. The van der Waals surface area contributed by atoms with Crippen LogP contribution in [-0.2, 0) is 0 Å². The summed E-state index contributed by atoms with van der Waals surface area (Å²) in [6, 6.07) is 5.46. The van der Waals surface area contributed by atoms with Crippen LogP contribution in [0.4, 0.5) is 10.1 Å². The van der Waals surface area contributed by atoms with Crippen LogP contribution < -0.4 is 11.1 Å². The van der Waals surface area contributed by atoms with E-state index >= 15 is 0 Å². The van der Waals surface area contributed by atoms with E-state index in [0.29, 0.717) is 16.8 Å². The van der Waals surface area contributed by atoms with Gasteiger partial charge in [0.05, 0.1) is 11.6 Å². The molecule has 4 heteroatoms. The lowest BCUT2D eigenvalue weighted by Crippen LogP contribution is -2.35. The molecule has 1 aliphatic carbocycles. The van der Waals surface area contributed by atoms with Gasteiger partial charge in [0, 0.05) is 23.3 Å². The molecule has 0 spiro atoms. The van der Waals surface area contributed by atoms with Gasteiger partial charge in [-0.2, -0.15) is 5.26 Å². The first-order chi connectivity index (χ1) is 8.60. The molecule has 0 bridgehead atoms. The van der Waals surface area contributed by atoms with E-state index in [1.165, 1.54) is 6.07 Å². The highest BCUT2D eigenvalue weighted by molar-refractivity contribution is 5.56. The molecule has 0 aromatic heterocycles.